The van der Waals surface area contributed by atoms with Crippen molar-refractivity contribution < 1.29 is 14.6 Å². The minimum Gasteiger partial charge on any atom is -0.497 e. The van der Waals surface area contributed by atoms with Crippen LogP contribution < -0.4 is 4.74 Å². The van der Waals surface area contributed by atoms with E-state index in [1.807, 2.05) is 41.3 Å². The van der Waals surface area contributed by atoms with E-state index in [1.165, 1.54) is 5.56 Å². The topological polar surface area (TPSA) is 65.9 Å². The van der Waals surface area contributed by atoms with Gasteiger partial charge in [0.1, 0.15) is 5.75 Å². The number of aromatic nitrogens is 1. The maximum absolute atomic E-state index is 13.2. The lowest BCUT2D eigenvalue weighted by Crippen LogP contribution is -2.68. The fourth-order valence-corrected chi connectivity index (χ4v) is 5.56. The molecule has 37 heavy (non-hydrogen) atoms. The Bertz CT molecular complexity index is 1250. The molecule has 0 aliphatic carbocycles. The number of pyridine rings is 1. The number of amides is 1. The summed E-state index contributed by atoms with van der Waals surface area (Å²) in [6, 6.07) is 20.2. The van der Waals surface area contributed by atoms with E-state index >= 15 is 0 Å². The molecule has 2 aliphatic rings. The van der Waals surface area contributed by atoms with E-state index in [4.69, 9.17) is 4.74 Å². The molecule has 2 saturated heterocycles. The van der Waals surface area contributed by atoms with E-state index in [0.29, 0.717) is 13.0 Å². The molecular formula is C31H33N3O3. The van der Waals surface area contributed by atoms with Gasteiger partial charge in [-0.2, -0.15) is 0 Å². The Labute approximate surface area is 218 Å². The van der Waals surface area contributed by atoms with Gasteiger partial charge in [0.2, 0.25) is 5.91 Å². The normalized spacial score (nSPS) is 21.5. The van der Waals surface area contributed by atoms with Crippen LogP contribution >= 0.6 is 0 Å². The Morgan fingerprint density at radius 1 is 1.03 bits per heavy atom. The number of hydrogen-bond donors (Lipinski definition) is 1. The van der Waals surface area contributed by atoms with E-state index in [-0.39, 0.29) is 30.5 Å². The summed E-state index contributed by atoms with van der Waals surface area (Å²) in [6.45, 7) is 2.53. The van der Waals surface area contributed by atoms with E-state index < -0.39 is 0 Å². The van der Waals surface area contributed by atoms with Gasteiger partial charge in [0, 0.05) is 54.6 Å². The van der Waals surface area contributed by atoms with Crippen molar-refractivity contribution in [3.8, 4) is 17.6 Å². The molecule has 190 valence electrons. The van der Waals surface area contributed by atoms with Gasteiger partial charge in [-0.25, -0.2) is 0 Å². The molecule has 1 aromatic heterocycles. The van der Waals surface area contributed by atoms with Crippen LogP contribution in [-0.4, -0.2) is 71.2 Å². The van der Waals surface area contributed by atoms with Gasteiger partial charge in [-0.3, -0.25) is 14.7 Å². The van der Waals surface area contributed by atoms with E-state index in [0.717, 1.165) is 48.4 Å². The summed E-state index contributed by atoms with van der Waals surface area (Å²) in [5.41, 5.74) is 4.01. The first-order valence-corrected chi connectivity index (χ1v) is 13.0. The van der Waals surface area contributed by atoms with Gasteiger partial charge in [0.25, 0.3) is 0 Å². The largest absolute Gasteiger partial charge is 0.497 e. The van der Waals surface area contributed by atoms with Crippen LogP contribution in [0.4, 0.5) is 0 Å². The molecule has 0 bridgehead atoms. The molecule has 2 aromatic carbocycles. The fraction of sp³-hybridized carbons (Fsp3) is 0.355. The van der Waals surface area contributed by atoms with Gasteiger partial charge in [0.05, 0.1) is 20.1 Å². The van der Waals surface area contributed by atoms with Gasteiger partial charge in [-0.1, -0.05) is 30.0 Å². The van der Waals surface area contributed by atoms with Crippen molar-refractivity contribution in [3.63, 3.8) is 0 Å². The number of ether oxygens (including phenoxy) is 1. The molecule has 3 atom stereocenters. The predicted octanol–water partition coefficient (Wildman–Crippen LogP) is 3.48. The lowest BCUT2D eigenvalue weighted by atomic mass is 9.74. The van der Waals surface area contributed by atoms with Crippen molar-refractivity contribution in [1.29, 1.82) is 0 Å². The molecule has 1 N–H and O–H groups in total. The Morgan fingerprint density at radius 2 is 1.73 bits per heavy atom. The van der Waals surface area contributed by atoms with E-state index in [9.17, 15) is 9.90 Å². The van der Waals surface area contributed by atoms with Crippen molar-refractivity contribution in [1.82, 2.24) is 14.8 Å². The van der Waals surface area contributed by atoms with Crippen LogP contribution in [0.1, 0.15) is 41.0 Å². The summed E-state index contributed by atoms with van der Waals surface area (Å²) in [6.07, 6.45) is 5.87. The smallest absolute Gasteiger partial charge is 0.227 e. The fourth-order valence-electron chi connectivity index (χ4n) is 5.56. The van der Waals surface area contributed by atoms with Crippen LogP contribution in [0, 0.1) is 11.8 Å². The third-order valence-corrected chi connectivity index (χ3v) is 7.54. The Kier molecular flexibility index (Phi) is 7.84. The number of carbonyl (C=O) groups excluding carboxylic acids is 1. The number of benzene rings is 2. The summed E-state index contributed by atoms with van der Waals surface area (Å²) in [7, 11) is 1.65. The zero-order chi connectivity index (χ0) is 25.6. The van der Waals surface area contributed by atoms with Crippen molar-refractivity contribution in [2.75, 3.05) is 33.4 Å². The molecule has 6 nitrogen and oxygen atoms in total. The summed E-state index contributed by atoms with van der Waals surface area (Å²) >= 11 is 0. The predicted molar refractivity (Wildman–Crippen MR) is 143 cm³/mol. The van der Waals surface area contributed by atoms with Crippen LogP contribution in [-0.2, 0) is 11.2 Å². The lowest BCUT2D eigenvalue weighted by Gasteiger charge is -2.57. The number of methoxy groups -OCH3 is 1. The molecule has 3 heterocycles. The molecule has 0 radical (unpaired) electrons. The summed E-state index contributed by atoms with van der Waals surface area (Å²) in [5.74, 6) is 7.58. The Hall–Kier alpha value is -3.66. The highest BCUT2D eigenvalue weighted by Crippen LogP contribution is 2.42. The van der Waals surface area contributed by atoms with Crippen molar-refractivity contribution in [2.45, 2.75) is 37.3 Å². The Morgan fingerprint density at radius 3 is 2.38 bits per heavy atom. The van der Waals surface area contributed by atoms with Crippen LogP contribution in [0.2, 0.25) is 0 Å². The second-order valence-electron chi connectivity index (χ2n) is 9.77. The lowest BCUT2D eigenvalue weighted by molar-refractivity contribution is -0.135. The average Bonchev–Trinajstić information content (AvgIpc) is 2.92. The van der Waals surface area contributed by atoms with Crippen LogP contribution in [0.15, 0.2) is 73.1 Å². The zero-order valence-corrected chi connectivity index (χ0v) is 21.2. The molecular weight excluding hydrogens is 462 g/mol. The molecule has 2 fully saturated rings. The van der Waals surface area contributed by atoms with Gasteiger partial charge in [-0.05, 0) is 73.0 Å². The highest BCUT2D eigenvalue weighted by Gasteiger charge is 2.49. The summed E-state index contributed by atoms with van der Waals surface area (Å²) in [4.78, 5) is 21.7. The first kappa shape index (κ1) is 25.0. The molecule has 1 amide bonds. The molecule has 0 spiro atoms. The number of aliphatic hydroxyl groups excluding tert-OH is 1. The second-order valence-corrected chi connectivity index (χ2v) is 9.77. The standard InChI is InChI=1S/C31H33N3O3/c1-37-27-14-10-24(11-15-27)7-6-23-8-12-26(13-9-23)31-28-21-33(17-2-3-18-34(28)29(31)22-35)30(36)19-25-5-4-16-32-20-25/h4-5,8-16,20,28-29,31,35H,2-3,17-19,21-22H2,1H3/t28-,29-,31+/m1/s1. The second kappa shape index (κ2) is 11.6. The number of carbonyl (C=O) groups is 1. The van der Waals surface area contributed by atoms with Crippen LogP contribution in [0.3, 0.4) is 0 Å². The molecule has 3 aromatic rings. The molecule has 6 heteroatoms. The minimum atomic E-state index is 0.0783. The first-order chi connectivity index (χ1) is 18.2. The number of hydrogen-bond acceptors (Lipinski definition) is 5. The van der Waals surface area contributed by atoms with Gasteiger partial charge in [-0.15, -0.1) is 0 Å². The van der Waals surface area contributed by atoms with Crippen molar-refractivity contribution in [2.24, 2.45) is 0 Å². The van der Waals surface area contributed by atoms with Gasteiger partial charge in [0.15, 0.2) is 0 Å². The minimum absolute atomic E-state index is 0.0783. The Balaban J connectivity index is 1.30. The number of aliphatic hydroxyl groups is 1. The highest BCUT2D eigenvalue weighted by atomic mass is 16.5. The van der Waals surface area contributed by atoms with E-state index in [1.54, 1.807) is 19.5 Å². The monoisotopic (exact) mass is 495 g/mol. The maximum atomic E-state index is 13.2. The molecule has 5 rings (SSSR count). The summed E-state index contributed by atoms with van der Waals surface area (Å²) in [5, 5.41) is 10.2. The van der Waals surface area contributed by atoms with Gasteiger partial charge >= 0.3 is 0 Å². The average molecular weight is 496 g/mol. The third-order valence-electron chi connectivity index (χ3n) is 7.54. The van der Waals surface area contributed by atoms with E-state index in [2.05, 4.69) is 46.0 Å². The number of fused-ring (bicyclic) bond motifs is 1. The molecule has 2 aliphatic heterocycles. The molecule has 0 unspecified atom stereocenters. The first-order valence-electron chi connectivity index (χ1n) is 13.0. The quantitative estimate of drug-likeness (QED) is 0.549. The number of nitrogens with zero attached hydrogens (tertiary/aromatic N) is 3. The van der Waals surface area contributed by atoms with Crippen molar-refractivity contribution in [3.05, 3.63) is 95.3 Å². The zero-order valence-electron chi connectivity index (χ0n) is 21.2. The maximum Gasteiger partial charge on any atom is 0.227 e. The van der Waals surface area contributed by atoms with Crippen LogP contribution in [0.25, 0.3) is 0 Å². The van der Waals surface area contributed by atoms with Crippen molar-refractivity contribution >= 4 is 5.91 Å². The van der Waals surface area contributed by atoms with Crippen LogP contribution in [0.5, 0.6) is 5.75 Å². The SMILES string of the molecule is COc1ccc(C#Cc2ccc([C@@H]3[C@@H](CO)N4CCCCN(C(=O)Cc5cccnc5)C[C@H]34)cc2)cc1. The third kappa shape index (κ3) is 5.69. The molecule has 0 saturated carbocycles. The highest BCUT2D eigenvalue weighted by molar-refractivity contribution is 5.78. The van der Waals surface area contributed by atoms with Gasteiger partial charge < -0.3 is 14.7 Å². The summed E-state index contributed by atoms with van der Waals surface area (Å²) < 4.78 is 5.21. The number of rotatable bonds is 5.